The maximum absolute atomic E-state index is 13.3. The molecule has 0 spiro atoms. The van der Waals surface area contributed by atoms with E-state index in [1.165, 1.54) is 6.33 Å². The minimum Gasteiger partial charge on any atom is -0.392 e. The zero-order chi connectivity index (χ0) is 26.4. The van der Waals surface area contributed by atoms with E-state index in [1.807, 2.05) is 57.9 Å². The third-order valence-corrected chi connectivity index (χ3v) is 6.86. The highest BCUT2D eigenvalue weighted by molar-refractivity contribution is 6.05. The number of amides is 1. The molecule has 0 radical (unpaired) electrons. The lowest BCUT2D eigenvalue weighted by molar-refractivity contribution is 0.102. The largest absolute Gasteiger partial charge is 0.392 e. The number of nitrogen functional groups attached to an aromatic ring is 1. The van der Waals surface area contributed by atoms with Gasteiger partial charge in [-0.05, 0) is 49.6 Å². The van der Waals surface area contributed by atoms with Crippen molar-refractivity contribution in [1.82, 2.24) is 23.9 Å². The number of nitrogens with two attached hydrogens (primary N) is 1. The predicted molar refractivity (Wildman–Crippen MR) is 145 cm³/mol. The third-order valence-electron chi connectivity index (χ3n) is 6.86. The van der Waals surface area contributed by atoms with Crippen molar-refractivity contribution in [1.29, 1.82) is 0 Å². The number of para-hydroxylation sites is 1. The van der Waals surface area contributed by atoms with Crippen LogP contribution in [0.25, 0.3) is 27.8 Å². The number of nitrogens with one attached hydrogen (secondary N) is 1. The van der Waals surface area contributed by atoms with Crippen LogP contribution >= 0.6 is 0 Å². The number of hydrogen-bond donors (Lipinski definition) is 3. The average molecular weight is 510 g/mol. The van der Waals surface area contributed by atoms with E-state index in [-0.39, 0.29) is 11.1 Å². The van der Waals surface area contributed by atoms with Crippen molar-refractivity contribution in [3.8, 4) is 16.8 Å². The Morgan fingerprint density at radius 3 is 2.63 bits per heavy atom. The highest BCUT2D eigenvalue weighted by Gasteiger charge is 2.28. The summed E-state index contributed by atoms with van der Waals surface area (Å²) in [6.07, 6.45) is 4.30. The Morgan fingerprint density at radius 2 is 1.89 bits per heavy atom. The first-order valence-electron chi connectivity index (χ1n) is 12.5. The van der Waals surface area contributed by atoms with Crippen molar-refractivity contribution in [2.45, 2.75) is 39.0 Å². The maximum atomic E-state index is 13.3. The number of aliphatic hydroxyl groups is 1. The molecule has 0 bridgehead atoms. The Balaban J connectivity index is 1.31. The topological polar surface area (TPSA) is 133 Å². The fourth-order valence-corrected chi connectivity index (χ4v) is 5.24. The second kappa shape index (κ2) is 9.31. The van der Waals surface area contributed by atoms with Gasteiger partial charge in [0.15, 0.2) is 0 Å². The van der Waals surface area contributed by atoms with Crippen LogP contribution in [0.1, 0.15) is 29.4 Å². The molecule has 1 aliphatic rings. The van der Waals surface area contributed by atoms with E-state index in [0.717, 1.165) is 28.9 Å². The van der Waals surface area contributed by atoms with E-state index in [9.17, 15) is 14.7 Å². The van der Waals surface area contributed by atoms with Crippen LogP contribution in [0.2, 0.25) is 0 Å². The number of carbonyl (C=O) groups is 1. The van der Waals surface area contributed by atoms with Gasteiger partial charge in [-0.15, -0.1) is 0 Å². The standard InChI is InChI=1S/C28H27N7O3/c1-17(36)14-33-15-21(23-25(29)30-16-31-26(23)33)18-9-11-19(12-10-18)32-27(37)24-22-8-5-13-34(22)35(28(24)38)20-6-3-2-4-7-20/h2-4,6-7,9-12,15-17,36H,5,8,13-14H2,1H3,(H,32,37)(H2,29,30,31). The number of rotatable bonds is 6. The second-order valence-electron chi connectivity index (χ2n) is 9.53. The number of nitrogens with zero attached hydrogens (tertiary/aromatic N) is 5. The summed E-state index contributed by atoms with van der Waals surface area (Å²) in [5.41, 5.74) is 10.4. The molecule has 0 saturated carbocycles. The van der Waals surface area contributed by atoms with Crippen molar-refractivity contribution in [2.75, 3.05) is 11.1 Å². The maximum Gasteiger partial charge on any atom is 0.284 e. The van der Waals surface area contributed by atoms with Gasteiger partial charge in [-0.1, -0.05) is 30.3 Å². The van der Waals surface area contributed by atoms with E-state index in [0.29, 0.717) is 42.0 Å². The molecule has 2 aromatic carbocycles. The van der Waals surface area contributed by atoms with E-state index in [4.69, 9.17) is 5.73 Å². The molecule has 6 rings (SSSR count). The summed E-state index contributed by atoms with van der Waals surface area (Å²) in [5, 5.41) is 13.5. The fraction of sp³-hybridized carbons (Fsp3) is 0.214. The Morgan fingerprint density at radius 1 is 1.13 bits per heavy atom. The van der Waals surface area contributed by atoms with Gasteiger partial charge in [-0.2, -0.15) is 0 Å². The van der Waals surface area contributed by atoms with Gasteiger partial charge in [0.25, 0.3) is 11.5 Å². The van der Waals surface area contributed by atoms with Crippen molar-refractivity contribution in [2.24, 2.45) is 0 Å². The molecular weight excluding hydrogens is 482 g/mol. The van der Waals surface area contributed by atoms with Gasteiger partial charge in [0.2, 0.25) is 0 Å². The molecule has 10 nitrogen and oxygen atoms in total. The molecular formula is C28H27N7O3. The summed E-state index contributed by atoms with van der Waals surface area (Å²) in [7, 11) is 0. The molecule has 1 aliphatic heterocycles. The second-order valence-corrected chi connectivity index (χ2v) is 9.53. The lowest BCUT2D eigenvalue weighted by Gasteiger charge is -2.08. The fourth-order valence-electron chi connectivity index (χ4n) is 5.24. The van der Waals surface area contributed by atoms with Gasteiger partial charge < -0.3 is 20.7 Å². The van der Waals surface area contributed by atoms with Gasteiger partial charge in [-0.3, -0.25) is 14.3 Å². The van der Waals surface area contributed by atoms with Gasteiger partial charge >= 0.3 is 0 Å². The van der Waals surface area contributed by atoms with Gasteiger partial charge in [0.1, 0.15) is 23.4 Å². The predicted octanol–water partition coefficient (Wildman–Crippen LogP) is 3.21. The molecule has 4 heterocycles. The van der Waals surface area contributed by atoms with E-state index in [2.05, 4.69) is 15.3 Å². The number of carbonyl (C=O) groups excluding carboxylic acids is 1. The van der Waals surface area contributed by atoms with Gasteiger partial charge in [-0.25, -0.2) is 14.6 Å². The molecule has 1 amide bonds. The van der Waals surface area contributed by atoms with Crippen LogP contribution in [-0.2, 0) is 19.5 Å². The van der Waals surface area contributed by atoms with Crippen LogP contribution in [0.15, 0.2) is 71.9 Å². The molecule has 1 atom stereocenters. The van der Waals surface area contributed by atoms with Crippen LogP contribution in [0, 0.1) is 0 Å². The molecule has 10 heteroatoms. The summed E-state index contributed by atoms with van der Waals surface area (Å²) in [4.78, 5) is 35.2. The molecule has 5 aromatic rings. The molecule has 38 heavy (non-hydrogen) atoms. The quantitative estimate of drug-likeness (QED) is 0.322. The third kappa shape index (κ3) is 3.95. The zero-order valence-corrected chi connectivity index (χ0v) is 20.8. The first-order chi connectivity index (χ1) is 18.4. The Hall–Kier alpha value is -4.70. The molecule has 1 unspecified atom stereocenters. The SMILES string of the molecule is CC(O)Cn1cc(-c2ccc(NC(=O)c3c4n(n(-c5ccccc5)c3=O)CCC4)cc2)c2c(N)ncnc21. The van der Waals surface area contributed by atoms with Crippen LogP contribution in [0.3, 0.4) is 0 Å². The van der Waals surface area contributed by atoms with Crippen molar-refractivity contribution < 1.29 is 9.90 Å². The van der Waals surface area contributed by atoms with Crippen LogP contribution in [0.5, 0.6) is 0 Å². The van der Waals surface area contributed by atoms with E-state index >= 15 is 0 Å². The monoisotopic (exact) mass is 509 g/mol. The minimum atomic E-state index is -0.561. The Kier molecular flexibility index (Phi) is 5.80. The zero-order valence-electron chi connectivity index (χ0n) is 20.8. The first kappa shape index (κ1) is 23.7. The number of aromatic nitrogens is 5. The average Bonchev–Trinajstić information content (AvgIpc) is 3.58. The molecule has 192 valence electrons. The van der Waals surface area contributed by atoms with Gasteiger partial charge in [0.05, 0.1) is 22.9 Å². The highest BCUT2D eigenvalue weighted by atomic mass is 16.3. The molecule has 3 aromatic heterocycles. The summed E-state index contributed by atoms with van der Waals surface area (Å²) >= 11 is 0. The molecule has 4 N–H and O–H groups in total. The van der Waals surface area contributed by atoms with E-state index < -0.39 is 12.0 Å². The lowest BCUT2D eigenvalue weighted by atomic mass is 10.1. The van der Waals surface area contributed by atoms with Crippen molar-refractivity contribution in [3.63, 3.8) is 0 Å². The molecule has 0 fully saturated rings. The van der Waals surface area contributed by atoms with Crippen LogP contribution < -0.4 is 16.6 Å². The number of hydrogen-bond acceptors (Lipinski definition) is 6. The summed E-state index contributed by atoms with van der Waals surface area (Å²) < 4.78 is 5.36. The normalized spacial score (nSPS) is 13.5. The van der Waals surface area contributed by atoms with Crippen molar-refractivity contribution in [3.05, 3.63) is 88.7 Å². The summed E-state index contributed by atoms with van der Waals surface area (Å²) in [6, 6.07) is 16.7. The number of benzene rings is 2. The summed E-state index contributed by atoms with van der Waals surface area (Å²) in [5.74, 6) is -0.0711. The smallest absolute Gasteiger partial charge is 0.284 e. The van der Waals surface area contributed by atoms with Gasteiger partial charge in [0, 0.05) is 30.5 Å². The Bertz CT molecular complexity index is 1710. The minimum absolute atomic E-state index is 0.182. The molecule has 0 aliphatic carbocycles. The number of aliphatic hydroxyl groups excluding tert-OH is 1. The molecule has 0 saturated heterocycles. The first-order valence-corrected chi connectivity index (χ1v) is 12.5. The number of fused-ring (bicyclic) bond motifs is 2. The lowest BCUT2D eigenvalue weighted by Crippen LogP contribution is -2.26. The van der Waals surface area contributed by atoms with Crippen molar-refractivity contribution >= 4 is 28.4 Å². The van der Waals surface area contributed by atoms with E-state index in [1.54, 1.807) is 23.7 Å². The van der Waals surface area contributed by atoms with Crippen LogP contribution in [-0.4, -0.2) is 41.0 Å². The number of anilines is 2. The highest BCUT2D eigenvalue weighted by Crippen LogP contribution is 2.33. The van der Waals surface area contributed by atoms with Crippen LogP contribution in [0.4, 0.5) is 11.5 Å². The summed E-state index contributed by atoms with van der Waals surface area (Å²) in [6.45, 7) is 2.77. The Labute approximate surface area is 218 Å².